The van der Waals surface area contributed by atoms with Crippen molar-refractivity contribution in [3.63, 3.8) is 0 Å². The molecule has 0 unspecified atom stereocenters. The molecule has 1 aliphatic rings. The molecule has 1 aliphatic heterocycles. The smallest absolute Gasteiger partial charge is 0.262 e. The predicted molar refractivity (Wildman–Crippen MR) is 86.9 cm³/mol. The number of rotatable bonds is 1. The minimum atomic E-state index is 0.136. The van der Waals surface area contributed by atoms with E-state index in [0.717, 1.165) is 53.0 Å². The van der Waals surface area contributed by atoms with Crippen LogP contribution < -0.4 is 5.56 Å². The van der Waals surface area contributed by atoms with Crippen molar-refractivity contribution in [2.75, 3.05) is 0 Å². The van der Waals surface area contributed by atoms with Gasteiger partial charge in [-0.3, -0.25) is 9.36 Å². The Morgan fingerprint density at radius 3 is 2.81 bits per heavy atom. The summed E-state index contributed by atoms with van der Waals surface area (Å²) in [5.74, 6) is 0.964. The Bertz CT molecular complexity index is 848. The molecule has 4 rings (SSSR count). The summed E-state index contributed by atoms with van der Waals surface area (Å²) < 4.78 is 1.90. The minimum Gasteiger partial charge on any atom is -0.296 e. The summed E-state index contributed by atoms with van der Waals surface area (Å²) in [7, 11) is 0. The fourth-order valence-corrected chi connectivity index (χ4v) is 4.00. The zero-order chi connectivity index (χ0) is 14.2. The zero-order valence-corrected chi connectivity index (χ0v) is 12.5. The number of benzene rings is 1. The van der Waals surface area contributed by atoms with E-state index in [2.05, 4.69) is 17.5 Å². The fraction of sp³-hybridized carbons (Fsp3) is 0.294. The van der Waals surface area contributed by atoms with Crippen LogP contribution in [-0.2, 0) is 13.0 Å². The SMILES string of the molecule is O=c1c2c(-c3ccccc3)csc2nc2n1CCCCC2. The summed E-state index contributed by atoms with van der Waals surface area (Å²) in [6, 6.07) is 10.1. The first-order chi connectivity index (χ1) is 10.3. The lowest BCUT2D eigenvalue weighted by molar-refractivity contribution is 0.614. The van der Waals surface area contributed by atoms with Crippen molar-refractivity contribution >= 4 is 21.6 Å². The predicted octanol–water partition coefficient (Wildman–Crippen LogP) is 3.85. The first kappa shape index (κ1) is 12.8. The molecular formula is C17H16N2OS. The minimum absolute atomic E-state index is 0.136. The van der Waals surface area contributed by atoms with Crippen LogP contribution in [0, 0.1) is 0 Å². The van der Waals surface area contributed by atoms with Gasteiger partial charge >= 0.3 is 0 Å². The number of fused-ring (bicyclic) bond motifs is 2. The van der Waals surface area contributed by atoms with Crippen LogP contribution >= 0.6 is 11.3 Å². The molecule has 0 atom stereocenters. The maximum Gasteiger partial charge on any atom is 0.262 e. The molecule has 21 heavy (non-hydrogen) atoms. The molecule has 0 saturated heterocycles. The molecule has 3 heterocycles. The maximum absolute atomic E-state index is 12.9. The fourth-order valence-electron chi connectivity index (χ4n) is 3.05. The van der Waals surface area contributed by atoms with Gasteiger partial charge in [0.25, 0.3) is 5.56 Å². The molecule has 0 aliphatic carbocycles. The molecule has 4 heteroatoms. The van der Waals surface area contributed by atoms with Crippen LogP contribution in [0.25, 0.3) is 21.3 Å². The van der Waals surface area contributed by atoms with E-state index in [9.17, 15) is 4.79 Å². The van der Waals surface area contributed by atoms with Gasteiger partial charge in [-0.2, -0.15) is 0 Å². The van der Waals surface area contributed by atoms with Crippen molar-refractivity contribution in [1.82, 2.24) is 9.55 Å². The van der Waals surface area contributed by atoms with E-state index in [4.69, 9.17) is 4.98 Å². The van der Waals surface area contributed by atoms with E-state index in [1.165, 1.54) is 6.42 Å². The highest BCUT2D eigenvalue weighted by Gasteiger charge is 2.17. The van der Waals surface area contributed by atoms with E-state index < -0.39 is 0 Å². The molecule has 1 aromatic carbocycles. The zero-order valence-electron chi connectivity index (χ0n) is 11.7. The van der Waals surface area contributed by atoms with Gasteiger partial charge in [0.2, 0.25) is 0 Å². The van der Waals surface area contributed by atoms with Crippen LogP contribution in [0.15, 0.2) is 40.5 Å². The second kappa shape index (κ2) is 5.11. The van der Waals surface area contributed by atoms with Gasteiger partial charge in [-0.25, -0.2) is 4.98 Å². The highest BCUT2D eigenvalue weighted by Crippen LogP contribution is 2.31. The first-order valence-corrected chi connectivity index (χ1v) is 8.29. The average molecular weight is 296 g/mol. The van der Waals surface area contributed by atoms with Crippen LogP contribution in [0.1, 0.15) is 25.1 Å². The Hall–Kier alpha value is -1.94. The highest BCUT2D eigenvalue weighted by molar-refractivity contribution is 7.17. The molecule has 0 spiro atoms. The average Bonchev–Trinajstić information content (AvgIpc) is 2.79. The molecule has 3 aromatic rings. The molecule has 106 valence electrons. The van der Waals surface area contributed by atoms with Gasteiger partial charge in [-0.15, -0.1) is 11.3 Å². The van der Waals surface area contributed by atoms with Gasteiger partial charge in [0.15, 0.2) is 0 Å². The molecule has 0 N–H and O–H groups in total. The first-order valence-electron chi connectivity index (χ1n) is 7.41. The van der Waals surface area contributed by atoms with E-state index in [0.29, 0.717) is 0 Å². The lowest BCUT2D eigenvalue weighted by atomic mass is 10.1. The van der Waals surface area contributed by atoms with Gasteiger partial charge in [0.05, 0.1) is 5.39 Å². The van der Waals surface area contributed by atoms with Crippen LogP contribution in [0.4, 0.5) is 0 Å². The number of nitrogens with zero attached hydrogens (tertiary/aromatic N) is 2. The maximum atomic E-state index is 12.9. The van der Waals surface area contributed by atoms with Crippen molar-refractivity contribution in [2.45, 2.75) is 32.2 Å². The molecule has 0 fully saturated rings. The van der Waals surface area contributed by atoms with E-state index in [1.54, 1.807) is 11.3 Å². The number of aromatic nitrogens is 2. The van der Waals surface area contributed by atoms with Crippen molar-refractivity contribution in [3.05, 3.63) is 51.9 Å². The third-order valence-electron chi connectivity index (χ3n) is 4.14. The number of hydrogen-bond acceptors (Lipinski definition) is 3. The summed E-state index contributed by atoms with van der Waals surface area (Å²) in [4.78, 5) is 18.6. The second-order valence-electron chi connectivity index (χ2n) is 5.49. The molecule has 0 bridgehead atoms. The Morgan fingerprint density at radius 1 is 1.10 bits per heavy atom. The Labute approximate surface area is 126 Å². The van der Waals surface area contributed by atoms with Crippen molar-refractivity contribution in [1.29, 1.82) is 0 Å². The third kappa shape index (κ3) is 2.10. The van der Waals surface area contributed by atoms with Crippen molar-refractivity contribution < 1.29 is 0 Å². The van der Waals surface area contributed by atoms with Gasteiger partial charge in [0.1, 0.15) is 10.7 Å². The summed E-state index contributed by atoms with van der Waals surface area (Å²) in [5.41, 5.74) is 2.25. The molecule has 0 radical (unpaired) electrons. The second-order valence-corrected chi connectivity index (χ2v) is 6.35. The monoisotopic (exact) mass is 296 g/mol. The van der Waals surface area contributed by atoms with Gasteiger partial charge in [0, 0.05) is 23.9 Å². The van der Waals surface area contributed by atoms with E-state index in [-0.39, 0.29) is 5.56 Å². The molecule has 0 saturated carbocycles. The Balaban J connectivity index is 2.00. The van der Waals surface area contributed by atoms with E-state index in [1.807, 2.05) is 22.8 Å². The summed E-state index contributed by atoms with van der Waals surface area (Å²) in [6.45, 7) is 0.807. The molecule has 0 amide bonds. The normalized spacial score (nSPS) is 14.9. The lowest BCUT2D eigenvalue weighted by Gasteiger charge is -2.09. The van der Waals surface area contributed by atoms with Crippen LogP contribution in [-0.4, -0.2) is 9.55 Å². The number of hydrogen-bond donors (Lipinski definition) is 0. The molecule has 2 aromatic heterocycles. The van der Waals surface area contributed by atoms with Gasteiger partial charge < -0.3 is 0 Å². The summed E-state index contributed by atoms with van der Waals surface area (Å²) in [6.07, 6.45) is 4.31. The standard InChI is InChI=1S/C17H16N2OS/c20-17-15-13(12-7-3-1-4-8-12)11-21-16(15)18-14-9-5-2-6-10-19(14)17/h1,3-4,7-8,11H,2,5-6,9-10H2. The summed E-state index contributed by atoms with van der Waals surface area (Å²) >= 11 is 1.58. The molecular weight excluding hydrogens is 280 g/mol. The molecule has 3 nitrogen and oxygen atoms in total. The quantitative estimate of drug-likeness (QED) is 0.683. The van der Waals surface area contributed by atoms with Crippen molar-refractivity contribution in [2.24, 2.45) is 0 Å². The van der Waals surface area contributed by atoms with Crippen LogP contribution in [0.2, 0.25) is 0 Å². The van der Waals surface area contributed by atoms with Gasteiger partial charge in [-0.1, -0.05) is 36.8 Å². The number of aryl methyl sites for hydroxylation is 1. The van der Waals surface area contributed by atoms with Crippen LogP contribution in [0.5, 0.6) is 0 Å². The lowest BCUT2D eigenvalue weighted by Crippen LogP contribution is -2.24. The van der Waals surface area contributed by atoms with E-state index >= 15 is 0 Å². The highest BCUT2D eigenvalue weighted by atomic mass is 32.1. The van der Waals surface area contributed by atoms with Crippen molar-refractivity contribution in [3.8, 4) is 11.1 Å². The number of thiophene rings is 1. The largest absolute Gasteiger partial charge is 0.296 e. The summed E-state index contributed by atoms with van der Waals surface area (Å²) in [5, 5.41) is 2.85. The Kier molecular flexibility index (Phi) is 3.11. The van der Waals surface area contributed by atoms with Gasteiger partial charge in [-0.05, 0) is 18.4 Å². The van der Waals surface area contributed by atoms with Crippen LogP contribution in [0.3, 0.4) is 0 Å². The Morgan fingerprint density at radius 2 is 1.95 bits per heavy atom. The third-order valence-corrected chi connectivity index (χ3v) is 5.01. The topological polar surface area (TPSA) is 34.9 Å².